The van der Waals surface area contributed by atoms with Gasteiger partial charge in [0.15, 0.2) is 0 Å². The van der Waals surface area contributed by atoms with E-state index in [2.05, 4.69) is 44.7 Å². The maximum atomic E-state index is 5.86. The second-order valence-corrected chi connectivity index (χ2v) is 6.81. The Hall–Kier alpha value is -1.13. The highest BCUT2D eigenvalue weighted by Gasteiger charge is 2.23. The number of piperidine rings is 1. The van der Waals surface area contributed by atoms with Crippen LogP contribution in [0.15, 0.2) is 12.1 Å². The van der Waals surface area contributed by atoms with Crippen molar-refractivity contribution in [1.29, 1.82) is 0 Å². The van der Waals surface area contributed by atoms with Crippen molar-refractivity contribution in [3.8, 4) is 0 Å². The number of hydrogen-bond acceptors (Lipinski definition) is 4. The van der Waals surface area contributed by atoms with Gasteiger partial charge in [0.05, 0.1) is 6.10 Å². The molecule has 0 amide bonds. The lowest BCUT2D eigenvalue weighted by atomic mass is 9.90. The highest BCUT2D eigenvalue weighted by atomic mass is 16.5. The molecule has 0 atom stereocenters. The lowest BCUT2D eigenvalue weighted by Crippen LogP contribution is -2.38. The first kappa shape index (κ1) is 16.2. The van der Waals surface area contributed by atoms with E-state index in [4.69, 9.17) is 15.5 Å². The van der Waals surface area contributed by atoms with Gasteiger partial charge < -0.3 is 15.4 Å². The third kappa shape index (κ3) is 4.17. The Morgan fingerprint density at radius 2 is 1.95 bits per heavy atom. The Balaban J connectivity index is 2.16. The zero-order valence-corrected chi connectivity index (χ0v) is 13.9. The van der Waals surface area contributed by atoms with Gasteiger partial charge in [-0.25, -0.2) is 4.98 Å². The molecule has 4 heteroatoms. The summed E-state index contributed by atoms with van der Waals surface area (Å²) in [4.78, 5) is 7.24. The molecule has 0 saturated carbocycles. The van der Waals surface area contributed by atoms with Gasteiger partial charge in [-0.15, -0.1) is 0 Å². The van der Waals surface area contributed by atoms with Crippen molar-refractivity contribution in [2.45, 2.75) is 58.6 Å². The summed E-state index contributed by atoms with van der Waals surface area (Å²) in [5.41, 5.74) is 8.18. The molecule has 0 spiro atoms. The molecule has 0 bridgehead atoms. The van der Waals surface area contributed by atoms with Crippen molar-refractivity contribution in [3.63, 3.8) is 0 Å². The normalized spacial score (nSPS) is 17.3. The zero-order valence-electron chi connectivity index (χ0n) is 13.9. The summed E-state index contributed by atoms with van der Waals surface area (Å²) >= 11 is 0. The number of ether oxygens (including phenoxy) is 1. The number of nitrogens with zero attached hydrogens (tertiary/aromatic N) is 2. The third-order valence-corrected chi connectivity index (χ3v) is 4.04. The number of pyridine rings is 1. The van der Waals surface area contributed by atoms with E-state index in [-0.39, 0.29) is 5.41 Å². The fourth-order valence-electron chi connectivity index (χ4n) is 2.72. The predicted octanol–water partition coefficient (Wildman–Crippen LogP) is 2.84. The van der Waals surface area contributed by atoms with Gasteiger partial charge in [0.1, 0.15) is 5.82 Å². The first-order valence-corrected chi connectivity index (χ1v) is 8.02. The molecular weight excluding hydrogens is 262 g/mol. The fraction of sp³-hybridized carbons (Fsp3) is 0.706. The average molecular weight is 291 g/mol. The van der Waals surface area contributed by atoms with Crippen LogP contribution in [0.2, 0.25) is 0 Å². The van der Waals surface area contributed by atoms with E-state index < -0.39 is 0 Å². The van der Waals surface area contributed by atoms with Gasteiger partial charge >= 0.3 is 0 Å². The van der Waals surface area contributed by atoms with Crippen LogP contribution in [-0.2, 0) is 16.7 Å². The van der Waals surface area contributed by atoms with Crippen LogP contribution in [0.5, 0.6) is 0 Å². The average Bonchev–Trinajstić information content (AvgIpc) is 2.47. The van der Waals surface area contributed by atoms with E-state index in [0.717, 1.165) is 49.6 Å². The summed E-state index contributed by atoms with van der Waals surface area (Å²) in [6.45, 7) is 12.0. The molecule has 1 aromatic rings. The maximum absolute atomic E-state index is 5.86. The molecule has 1 aliphatic heterocycles. The molecule has 4 nitrogen and oxygen atoms in total. The minimum absolute atomic E-state index is 0.0452. The van der Waals surface area contributed by atoms with Crippen molar-refractivity contribution in [2.24, 2.45) is 5.73 Å². The minimum Gasteiger partial charge on any atom is -0.378 e. The highest BCUT2D eigenvalue weighted by molar-refractivity contribution is 5.44. The molecule has 0 unspecified atom stereocenters. The standard InChI is InChI=1S/C17H29N3O/c1-5-21-14-6-8-20(9-7-14)16-11-13(12-18)10-15(19-16)17(2,3)4/h10-11,14H,5-9,12,18H2,1-4H3. The summed E-state index contributed by atoms with van der Waals surface area (Å²) in [5.74, 6) is 1.07. The van der Waals surface area contributed by atoms with Crippen molar-refractivity contribution >= 4 is 5.82 Å². The Morgan fingerprint density at radius 3 is 2.48 bits per heavy atom. The molecule has 2 rings (SSSR count). The highest BCUT2D eigenvalue weighted by Crippen LogP contribution is 2.26. The summed E-state index contributed by atoms with van der Waals surface area (Å²) in [7, 11) is 0. The number of nitrogens with two attached hydrogens (primary N) is 1. The molecule has 1 saturated heterocycles. The Kier molecular flexibility index (Phi) is 5.22. The van der Waals surface area contributed by atoms with E-state index in [1.807, 2.05) is 0 Å². The zero-order chi connectivity index (χ0) is 15.5. The molecular formula is C17H29N3O. The van der Waals surface area contributed by atoms with Crippen LogP contribution in [0.4, 0.5) is 5.82 Å². The van der Waals surface area contributed by atoms with E-state index in [0.29, 0.717) is 12.6 Å². The van der Waals surface area contributed by atoms with E-state index >= 15 is 0 Å². The third-order valence-electron chi connectivity index (χ3n) is 4.04. The molecule has 2 heterocycles. The van der Waals surface area contributed by atoms with Crippen molar-refractivity contribution in [2.75, 3.05) is 24.6 Å². The summed E-state index contributed by atoms with van der Waals surface area (Å²) in [6.07, 6.45) is 2.56. The van der Waals surface area contributed by atoms with Crippen LogP contribution in [-0.4, -0.2) is 30.8 Å². The number of hydrogen-bond donors (Lipinski definition) is 1. The quantitative estimate of drug-likeness (QED) is 0.927. The number of anilines is 1. The monoisotopic (exact) mass is 291 g/mol. The lowest BCUT2D eigenvalue weighted by molar-refractivity contribution is 0.0458. The summed E-state index contributed by atoms with van der Waals surface area (Å²) in [6, 6.07) is 4.27. The van der Waals surface area contributed by atoms with Crippen LogP contribution >= 0.6 is 0 Å². The maximum Gasteiger partial charge on any atom is 0.129 e. The molecule has 0 aliphatic carbocycles. The summed E-state index contributed by atoms with van der Waals surface area (Å²) in [5, 5.41) is 0. The molecule has 0 radical (unpaired) electrons. The van der Waals surface area contributed by atoms with Gasteiger partial charge in [0.2, 0.25) is 0 Å². The van der Waals surface area contributed by atoms with Gasteiger partial charge in [0.25, 0.3) is 0 Å². The Labute approximate surface area is 128 Å². The SMILES string of the molecule is CCOC1CCN(c2cc(CN)cc(C(C)(C)C)n2)CC1. The fourth-order valence-corrected chi connectivity index (χ4v) is 2.72. The molecule has 1 aliphatic rings. The van der Waals surface area contributed by atoms with Crippen LogP contribution < -0.4 is 10.6 Å². The van der Waals surface area contributed by atoms with Crippen LogP contribution in [0.1, 0.15) is 51.8 Å². The van der Waals surface area contributed by atoms with Gasteiger partial charge in [-0.1, -0.05) is 20.8 Å². The van der Waals surface area contributed by atoms with Gasteiger partial charge in [0, 0.05) is 37.4 Å². The van der Waals surface area contributed by atoms with Gasteiger partial charge in [-0.05, 0) is 37.5 Å². The molecule has 118 valence electrons. The van der Waals surface area contributed by atoms with E-state index in [1.165, 1.54) is 0 Å². The van der Waals surface area contributed by atoms with Crippen molar-refractivity contribution in [3.05, 3.63) is 23.4 Å². The van der Waals surface area contributed by atoms with Crippen LogP contribution in [0.3, 0.4) is 0 Å². The smallest absolute Gasteiger partial charge is 0.129 e. The van der Waals surface area contributed by atoms with E-state index in [1.54, 1.807) is 0 Å². The topological polar surface area (TPSA) is 51.4 Å². The molecule has 1 fully saturated rings. The minimum atomic E-state index is 0.0452. The predicted molar refractivity (Wildman–Crippen MR) is 87.7 cm³/mol. The Bertz CT molecular complexity index is 460. The molecule has 2 N–H and O–H groups in total. The van der Waals surface area contributed by atoms with Crippen LogP contribution in [0.25, 0.3) is 0 Å². The number of aromatic nitrogens is 1. The lowest BCUT2D eigenvalue weighted by Gasteiger charge is -2.33. The first-order valence-electron chi connectivity index (χ1n) is 8.02. The Morgan fingerprint density at radius 1 is 1.29 bits per heavy atom. The first-order chi connectivity index (χ1) is 9.94. The molecule has 21 heavy (non-hydrogen) atoms. The second kappa shape index (κ2) is 6.75. The van der Waals surface area contributed by atoms with Crippen molar-refractivity contribution in [1.82, 2.24) is 4.98 Å². The molecule has 0 aromatic carbocycles. The second-order valence-electron chi connectivity index (χ2n) is 6.81. The molecule has 1 aromatic heterocycles. The van der Waals surface area contributed by atoms with Gasteiger partial charge in [-0.2, -0.15) is 0 Å². The van der Waals surface area contributed by atoms with Crippen LogP contribution in [0, 0.1) is 0 Å². The number of rotatable bonds is 4. The van der Waals surface area contributed by atoms with Crippen molar-refractivity contribution < 1.29 is 4.74 Å². The van der Waals surface area contributed by atoms with E-state index in [9.17, 15) is 0 Å². The van der Waals surface area contributed by atoms with Gasteiger partial charge in [-0.3, -0.25) is 0 Å². The largest absolute Gasteiger partial charge is 0.378 e. The summed E-state index contributed by atoms with van der Waals surface area (Å²) < 4.78 is 5.72.